The molecule has 0 saturated carbocycles. The summed E-state index contributed by atoms with van der Waals surface area (Å²) in [6.07, 6.45) is 1.38. The molecule has 14 heavy (non-hydrogen) atoms. The minimum absolute atomic E-state index is 0.103. The number of nitrogen functional groups attached to an aromatic ring is 1. The van der Waals surface area contributed by atoms with Crippen LogP contribution in [-0.4, -0.2) is 21.4 Å². The summed E-state index contributed by atoms with van der Waals surface area (Å²) in [6.45, 7) is 5.68. The molecule has 3 nitrogen and oxygen atoms in total. The predicted molar refractivity (Wildman–Crippen MR) is 60.4 cm³/mol. The standard InChI is InChI=1S/C10H16N2OS/c1-6-4-5-12-10(9(6)11)14-8(3)7(2)13/h4-5,7-8,13H,11H2,1-3H3. The van der Waals surface area contributed by atoms with E-state index in [1.165, 1.54) is 11.8 Å². The summed E-state index contributed by atoms with van der Waals surface area (Å²) < 4.78 is 0. The zero-order valence-corrected chi connectivity index (χ0v) is 9.51. The fraction of sp³-hybridized carbons (Fsp3) is 0.500. The van der Waals surface area contributed by atoms with Crippen molar-refractivity contribution in [3.8, 4) is 0 Å². The second-order valence-electron chi connectivity index (χ2n) is 3.41. The van der Waals surface area contributed by atoms with Crippen LogP contribution in [0.2, 0.25) is 0 Å². The predicted octanol–water partition coefficient (Wildman–Crippen LogP) is 1.83. The first-order chi connectivity index (χ1) is 6.52. The molecule has 3 N–H and O–H groups in total. The van der Waals surface area contributed by atoms with Crippen LogP contribution in [0.1, 0.15) is 19.4 Å². The molecule has 0 saturated heterocycles. The summed E-state index contributed by atoms with van der Waals surface area (Å²) in [5.74, 6) is 0. The molecule has 0 bridgehead atoms. The van der Waals surface area contributed by atoms with Gasteiger partial charge in [0.05, 0.1) is 11.8 Å². The molecule has 0 aliphatic rings. The summed E-state index contributed by atoms with van der Waals surface area (Å²) in [6, 6.07) is 1.88. The van der Waals surface area contributed by atoms with Crippen molar-refractivity contribution in [3.05, 3.63) is 17.8 Å². The normalized spacial score (nSPS) is 15.1. The monoisotopic (exact) mass is 212 g/mol. The molecule has 1 aromatic heterocycles. The van der Waals surface area contributed by atoms with E-state index in [2.05, 4.69) is 4.98 Å². The number of hydrogen-bond donors (Lipinski definition) is 2. The van der Waals surface area contributed by atoms with Crippen LogP contribution in [-0.2, 0) is 0 Å². The van der Waals surface area contributed by atoms with Crippen LogP contribution in [0.25, 0.3) is 0 Å². The number of aromatic nitrogens is 1. The molecule has 0 amide bonds. The Hall–Kier alpha value is -0.740. The van der Waals surface area contributed by atoms with E-state index in [-0.39, 0.29) is 11.4 Å². The SMILES string of the molecule is Cc1ccnc(SC(C)C(C)O)c1N. The lowest BCUT2D eigenvalue weighted by Crippen LogP contribution is -2.15. The topological polar surface area (TPSA) is 59.1 Å². The van der Waals surface area contributed by atoms with Crippen molar-refractivity contribution < 1.29 is 5.11 Å². The molecule has 0 aliphatic heterocycles. The van der Waals surface area contributed by atoms with E-state index in [9.17, 15) is 5.11 Å². The lowest BCUT2D eigenvalue weighted by molar-refractivity contribution is 0.196. The van der Waals surface area contributed by atoms with Crippen LogP contribution in [0.3, 0.4) is 0 Å². The summed E-state index contributed by atoms with van der Waals surface area (Å²) in [5, 5.41) is 10.3. The molecular weight excluding hydrogens is 196 g/mol. The van der Waals surface area contributed by atoms with Crippen molar-refractivity contribution in [1.29, 1.82) is 0 Å². The third-order valence-corrected chi connectivity index (χ3v) is 3.46. The highest BCUT2D eigenvalue weighted by Crippen LogP contribution is 2.29. The van der Waals surface area contributed by atoms with Crippen LogP contribution in [0.4, 0.5) is 5.69 Å². The van der Waals surface area contributed by atoms with Crippen molar-refractivity contribution in [1.82, 2.24) is 4.98 Å². The number of aliphatic hydroxyl groups is 1. The van der Waals surface area contributed by atoms with Crippen LogP contribution >= 0.6 is 11.8 Å². The molecule has 4 heteroatoms. The molecule has 78 valence electrons. The molecule has 1 rings (SSSR count). The highest BCUT2D eigenvalue weighted by atomic mass is 32.2. The van der Waals surface area contributed by atoms with E-state index in [0.717, 1.165) is 10.6 Å². The van der Waals surface area contributed by atoms with Crippen LogP contribution in [0, 0.1) is 6.92 Å². The van der Waals surface area contributed by atoms with Gasteiger partial charge in [0.1, 0.15) is 5.03 Å². The van der Waals surface area contributed by atoms with Crippen molar-refractivity contribution >= 4 is 17.4 Å². The molecule has 0 radical (unpaired) electrons. The van der Waals surface area contributed by atoms with E-state index in [1.807, 2.05) is 19.9 Å². The van der Waals surface area contributed by atoms with Gasteiger partial charge in [0.2, 0.25) is 0 Å². The van der Waals surface area contributed by atoms with Crippen LogP contribution < -0.4 is 5.73 Å². The summed E-state index contributed by atoms with van der Waals surface area (Å²) in [4.78, 5) is 4.19. The smallest absolute Gasteiger partial charge is 0.120 e. The van der Waals surface area contributed by atoms with Crippen molar-refractivity contribution in [3.63, 3.8) is 0 Å². The Morgan fingerprint density at radius 1 is 1.50 bits per heavy atom. The van der Waals surface area contributed by atoms with E-state index in [1.54, 1.807) is 13.1 Å². The number of hydrogen-bond acceptors (Lipinski definition) is 4. The van der Waals surface area contributed by atoms with E-state index in [4.69, 9.17) is 5.73 Å². The highest BCUT2D eigenvalue weighted by Gasteiger charge is 2.13. The van der Waals surface area contributed by atoms with Crippen LogP contribution in [0.5, 0.6) is 0 Å². The minimum atomic E-state index is -0.360. The summed E-state index contributed by atoms with van der Waals surface area (Å²) in [5.41, 5.74) is 7.61. The van der Waals surface area contributed by atoms with Gasteiger partial charge in [0, 0.05) is 11.4 Å². The Bertz CT molecular complexity index is 315. The van der Waals surface area contributed by atoms with Gasteiger partial charge in [0.15, 0.2) is 0 Å². The Labute approximate surface area is 88.7 Å². The van der Waals surface area contributed by atoms with E-state index in [0.29, 0.717) is 5.69 Å². The third-order valence-electron chi connectivity index (χ3n) is 2.15. The number of rotatable bonds is 3. The van der Waals surface area contributed by atoms with Gasteiger partial charge in [-0.1, -0.05) is 18.7 Å². The van der Waals surface area contributed by atoms with Gasteiger partial charge in [-0.3, -0.25) is 0 Å². The van der Waals surface area contributed by atoms with Gasteiger partial charge < -0.3 is 10.8 Å². The van der Waals surface area contributed by atoms with Gasteiger partial charge in [-0.05, 0) is 25.5 Å². The number of nitrogens with zero attached hydrogens (tertiary/aromatic N) is 1. The zero-order chi connectivity index (χ0) is 10.7. The molecule has 0 fully saturated rings. The van der Waals surface area contributed by atoms with Gasteiger partial charge >= 0.3 is 0 Å². The third kappa shape index (κ3) is 2.62. The minimum Gasteiger partial charge on any atom is -0.396 e. The second-order valence-corrected chi connectivity index (χ2v) is 4.78. The first-order valence-corrected chi connectivity index (χ1v) is 5.46. The van der Waals surface area contributed by atoms with Crippen molar-refractivity contribution in [2.45, 2.75) is 37.2 Å². The fourth-order valence-electron chi connectivity index (χ4n) is 0.913. The van der Waals surface area contributed by atoms with Gasteiger partial charge in [-0.15, -0.1) is 0 Å². The Morgan fingerprint density at radius 2 is 2.14 bits per heavy atom. The maximum absolute atomic E-state index is 9.35. The number of pyridine rings is 1. The molecule has 0 spiro atoms. The highest BCUT2D eigenvalue weighted by molar-refractivity contribution is 8.00. The molecule has 1 heterocycles. The molecule has 0 aliphatic carbocycles. The zero-order valence-electron chi connectivity index (χ0n) is 8.69. The molecule has 2 unspecified atom stereocenters. The lowest BCUT2D eigenvalue weighted by Gasteiger charge is -2.14. The summed E-state index contributed by atoms with van der Waals surface area (Å²) >= 11 is 1.51. The van der Waals surface area contributed by atoms with Crippen molar-refractivity contribution in [2.75, 3.05) is 5.73 Å². The van der Waals surface area contributed by atoms with Gasteiger partial charge in [-0.2, -0.15) is 0 Å². The molecule has 1 aromatic rings. The van der Waals surface area contributed by atoms with Crippen LogP contribution in [0.15, 0.2) is 17.3 Å². The van der Waals surface area contributed by atoms with E-state index >= 15 is 0 Å². The largest absolute Gasteiger partial charge is 0.396 e. The van der Waals surface area contributed by atoms with E-state index < -0.39 is 0 Å². The average molecular weight is 212 g/mol. The average Bonchev–Trinajstić information content (AvgIpc) is 2.12. The summed E-state index contributed by atoms with van der Waals surface area (Å²) in [7, 11) is 0. The maximum atomic E-state index is 9.35. The first kappa shape index (κ1) is 11.3. The number of nitrogens with two attached hydrogens (primary N) is 1. The fourth-order valence-corrected chi connectivity index (χ4v) is 1.87. The number of thioether (sulfide) groups is 1. The van der Waals surface area contributed by atoms with Gasteiger partial charge in [0.25, 0.3) is 0 Å². The quantitative estimate of drug-likeness (QED) is 0.750. The molecule has 0 aromatic carbocycles. The lowest BCUT2D eigenvalue weighted by atomic mass is 10.3. The second kappa shape index (κ2) is 4.66. The number of aliphatic hydroxyl groups excluding tert-OH is 1. The Kier molecular flexibility index (Phi) is 3.77. The maximum Gasteiger partial charge on any atom is 0.120 e. The molecule has 2 atom stereocenters. The number of aryl methyl sites for hydroxylation is 1. The van der Waals surface area contributed by atoms with Gasteiger partial charge in [-0.25, -0.2) is 4.98 Å². The van der Waals surface area contributed by atoms with Crippen molar-refractivity contribution in [2.24, 2.45) is 0 Å². The molecular formula is C10H16N2OS. The Morgan fingerprint density at radius 3 is 2.71 bits per heavy atom. The first-order valence-electron chi connectivity index (χ1n) is 4.58. The number of anilines is 1. The Balaban J connectivity index is 2.82.